The van der Waals surface area contributed by atoms with Crippen molar-refractivity contribution in [1.82, 2.24) is 0 Å². The summed E-state index contributed by atoms with van der Waals surface area (Å²) in [6, 6.07) is 0. The number of carbonyl (C=O) groups is 1. The van der Waals surface area contributed by atoms with E-state index in [1.807, 2.05) is 6.92 Å². The first-order valence-corrected chi connectivity index (χ1v) is 6.17. The van der Waals surface area contributed by atoms with E-state index in [2.05, 4.69) is 6.92 Å². The van der Waals surface area contributed by atoms with Crippen LogP contribution < -0.4 is 0 Å². The second-order valence-electron chi connectivity index (χ2n) is 3.43. The third-order valence-electron chi connectivity index (χ3n) is 2.08. The fourth-order valence-corrected chi connectivity index (χ4v) is 1.38. The van der Waals surface area contributed by atoms with Crippen molar-refractivity contribution >= 4 is 17.8 Å². The van der Waals surface area contributed by atoms with Crippen LogP contribution in [0.2, 0.25) is 0 Å². The van der Waals surface area contributed by atoms with Gasteiger partial charge in [0.2, 0.25) is 0 Å². The maximum Gasteiger partial charge on any atom is 0.508 e. The fourth-order valence-electron chi connectivity index (χ4n) is 1.19. The third-order valence-corrected chi connectivity index (χ3v) is 2.34. The molecule has 0 N–H and O–H groups in total. The van der Waals surface area contributed by atoms with Crippen LogP contribution in [-0.4, -0.2) is 24.7 Å². The number of carbonyl (C=O) groups excluding carboxylic acids is 1. The molecule has 0 heterocycles. The molecule has 0 aliphatic heterocycles. The molecule has 0 amide bonds. The van der Waals surface area contributed by atoms with E-state index >= 15 is 0 Å². The van der Waals surface area contributed by atoms with Crippen molar-refractivity contribution in [3.8, 4) is 0 Å². The predicted octanol–water partition coefficient (Wildman–Crippen LogP) is 3.74. The minimum absolute atomic E-state index is 0.00414. The molecule has 1 unspecified atom stereocenters. The molecular formula is C11H21ClO3. The molecule has 0 fully saturated rings. The molecule has 4 heteroatoms. The molecule has 0 aromatic rings. The summed E-state index contributed by atoms with van der Waals surface area (Å²) in [6.45, 7) is 4.47. The molecule has 0 aliphatic carbocycles. The lowest BCUT2D eigenvalue weighted by atomic mass is 10.2. The second-order valence-corrected chi connectivity index (χ2v) is 3.81. The standard InChI is InChI=1S/C11H21ClO3/c1-3-7-10(4-2)15-11(13)14-9-6-5-8-12/h10H,3-9H2,1-2H3. The normalized spacial score (nSPS) is 12.2. The first-order chi connectivity index (χ1) is 7.24. The Morgan fingerprint density at radius 2 is 2.07 bits per heavy atom. The Morgan fingerprint density at radius 3 is 2.60 bits per heavy atom. The molecule has 0 bridgehead atoms. The van der Waals surface area contributed by atoms with Crippen molar-refractivity contribution in [2.75, 3.05) is 12.5 Å². The van der Waals surface area contributed by atoms with E-state index in [1.165, 1.54) is 0 Å². The first kappa shape index (κ1) is 14.6. The summed E-state index contributed by atoms with van der Waals surface area (Å²) in [7, 11) is 0. The van der Waals surface area contributed by atoms with Crippen molar-refractivity contribution in [3.05, 3.63) is 0 Å². The lowest BCUT2D eigenvalue weighted by Gasteiger charge is -2.14. The Morgan fingerprint density at radius 1 is 1.33 bits per heavy atom. The summed E-state index contributed by atoms with van der Waals surface area (Å²) in [5.41, 5.74) is 0. The second kappa shape index (κ2) is 10.1. The number of unbranched alkanes of at least 4 members (excludes halogenated alkanes) is 1. The quantitative estimate of drug-likeness (QED) is 0.366. The Kier molecular flexibility index (Phi) is 9.79. The van der Waals surface area contributed by atoms with E-state index in [1.54, 1.807) is 0 Å². The maximum absolute atomic E-state index is 11.2. The zero-order valence-electron chi connectivity index (χ0n) is 9.63. The summed E-state index contributed by atoms with van der Waals surface area (Å²) in [5.74, 6) is 0.603. The highest BCUT2D eigenvalue weighted by atomic mass is 35.5. The van der Waals surface area contributed by atoms with Gasteiger partial charge in [0.15, 0.2) is 0 Å². The zero-order valence-corrected chi connectivity index (χ0v) is 10.4. The minimum atomic E-state index is -0.551. The van der Waals surface area contributed by atoms with Gasteiger partial charge in [0.05, 0.1) is 6.61 Å². The summed E-state index contributed by atoms with van der Waals surface area (Å²) >= 11 is 5.49. The number of alkyl halides is 1. The molecule has 3 nitrogen and oxygen atoms in total. The molecule has 0 rings (SSSR count). The van der Waals surface area contributed by atoms with Crippen LogP contribution in [0.4, 0.5) is 4.79 Å². The molecule has 0 spiro atoms. The van der Waals surface area contributed by atoms with E-state index in [0.717, 1.165) is 32.1 Å². The van der Waals surface area contributed by atoms with Crippen LogP contribution in [0, 0.1) is 0 Å². The van der Waals surface area contributed by atoms with Gasteiger partial charge < -0.3 is 9.47 Å². The van der Waals surface area contributed by atoms with E-state index in [-0.39, 0.29) is 6.10 Å². The molecule has 1 atom stereocenters. The van der Waals surface area contributed by atoms with E-state index < -0.39 is 6.16 Å². The topological polar surface area (TPSA) is 35.5 Å². The summed E-state index contributed by atoms with van der Waals surface area (Å²) < 4.78 is 10.0. The highest BCUT2D eigenvalue weighted by Crippen LogP contribution is 2.07. The molecule has 0 aliphatic rings. The molecule has 0 saturated heterocycles. The van der Waals surface area contributed by atoms with Crippen molar-refractivity contribution in [2.45, 2.75) is 52.1 Å². The molecule has 0 saturated carbocycles. The van der Waals surface area contributed by atoms with Gasteiger partial charge in [0, 0.05) is 5.88 Å². The minimum Gasteiger partial charge on any atom is -0.434 e. The van der Waals surface area contributed by atoms with Crippen LogP contribution in [0.5, 0.6) is 0 Å². The first-order valence-electron chi connectivity index (χ1n) is 5.63. The summed E-state index contributed by atoms with van der Waals surface area (Å²) in [5, 5.41) is 0. The fraction of sp³-hybridized carbons (Fsp3) is 0.909. The van der Waals surface area contributed by atoms with Gasteiger partial charge in [-0.1, -0.05) is 20.3 Å². The number of hydrogen-bond donors (Lipinski definition) is 0. The molecule has 0 radical (unpaired) electrons. The van der Waals surface area contributed by atoms with Crippen molar-refractivity contribution in [3.63, 3.8) is 0 Å². The van der Waals surface area contributed by atoms with Crippen LogP contribution in [-0.2, 0) is 9.47 Å². The SMILES string of the molecule is CCCC(CC)OC(=O)OCCCCCl. The van der Waals surface area contributed by atoms with Crippen LogP contribution in [0.25, 0.3) is 0 Å². The average molecular weight is 237 g/mol. The lowest BCUT2D eigenvalue weighted by Crippen LogP contribution is -2.18. The van der Waals surface area contributed by atoms with Gasteiger partial charge in [-0.15, -0.1) is 11.6 Å². The van der Waals surface area contributed by atoms with Crippen molar-refractivity contribution < 1.29 is 14.3 Å². The Balaban J connectivity index is 3.52. The maximum atomic E-state index is 11.2. The summed E-state index contributed by atoms with van der Waals surface area (Å²) in [6.07, 6.45) is 3.85. The van der Waals surface area contributed by atoms with Gasteiger partial charge in [-0.25, -0.2) is 4.79 Å². The van der Waals surface area contributed by atoms with Crippen LogP contribution in [0.3, 0.4) is 0 Å². The number of halogens is 1. The molecule has 15 heavy (non-hydrogen) atoms. The predicted molar refractivity (Wildman–Crippen MR) is 61.4 cm³/mol. The monoisotopic (exact) mass is 236 g/mol. The zero-order chi connectivity index (χ0) is 11.5. The van der Waals surface area contributed by atoms with E-state index in [0.29, 0.717) is 12.5 Å². The molecular weight excluding hydrogens is 216 g/mol. The Bertz CT molecular complexity index is 162. The van der Waals surface area contributed by atoms with Gasteiger partial charge >= 0.3 is 6.16 Å². The third kappa shape index (κ3) is 8.55. The summed E-state index contributed by atoms with van der Waals surface area (Å²) in [4.78, 5) is 11.2. The van der Waals surface area contributed by atoms with Gasteiger partial charge in [-0.05, 0) is 25.7 Å². The van der Waals surface area contributed by atoms with Gasteiger partial charge in [0.1, 0.15) is 6.10 Å². The highest BCUT2D eigenvalue weighted by molar-refractivity contribution is 6.17. The lowest BCUT2D eigenvalue weighted by molar-refractivity contribution is 0.0187. The van der Waals surface area contributed by atoms with Crippen molar-refractivity contribution in [1.29, 1.82) is 0 Å². The molecule has 0 aromatic heterocycles. The van der Waals surface area contributed by atoms with Crippen LogP contribution in [0.1, 0.15) is 46.0 Å². The Hall–Kier alpha value is -0.440. The van der Waals surface area contributed by atoms with Gasteiger partial charge in [-0.2, -0.15) is 0 Å². The number of ether oxygens (including phenoxy) is 2. The van der Waals surface area contributed by atoms with E-state index in [4.69, 9.17) is 21.1 Å². The highest BCUT2D eigenvalue weighted by Gasteiger charge is 2.12. The van der Waals surface area contributed by atoms with Crippen LogP contribution in [0.15, 0.2) is 0 Å². The van der Waals surface area contributed by atoms with Gasteiger partial charge in [-0.3, -0.25) is 0 Å². The van der Waals surface area contributed by atoms with E-state index in [9.17, 15) is 4.79 Å². The van der Waals surface area contributed by atoms with Crippen molar-refractivity contribution in [2.24, 2.45) is 0 Å². The number of rotatable bonds is 8. The average Bonchev–Trinajstić information content (AvgIpc) is 2.24. The smallest absolute Gasteiger partial charge is 0.434 e. The van der Waals surface area contributed by atoms with Gasteiger partial charge in [0.25, 0.3) is 0 Å². The largest absolute Gasteiger partial charge is 0.508 e. The van der Waals surface area contributed by atoms with Crippen LogP contribution >= 0.6 is 11.6 Å². The molecule has 0 aromatic carbocycles. The molecule has 90 valence electrons. The number of hydrogen-bond acceptors (Lipinski definition) is 3. The Labute approximate surface area is 97.1 Å².